The summed E-state index contributed by atoms with van der Waals surface area (Å²) in [5.41, 5.74) is 2.83. The molecule has 0 aliphatic carbocycles. The summed E-state index contributed by atoms with van der Waals surface area (Å²) in [5.74, 6) is -0.0260. The quantitative estimate of drug-likeness (QED) is 0.887. The number of carbonyl (C=O) groups is 1. The first-order valence-corrected chi connectivity index (χ1v) is 9.14. The van der Waals surface area contributed by atoms with E-state index in [0.717, 1.165) is 49.7 Å². The highest BCUT2D eigenvalue weighted by molar-refractivity contribution is 6.31. The van der Waals surface area contributed by atoms with Crippen LogP contribution in [-0.2, 0) is 11.2 Å². The maximum atomic E-state index is 12.4. The van der Waals surface area contributed by atoms with Gasteiger partial charge in [-0.05, 0) is 30.3 Å². The van der Waals surface area contributed by atoms with Crippen molar-refractivity contribution in [2.45, 2.75) is 13.3 Å². The van der Waals surface area contributed by atoms with Gasteiger partial charge in [0.05, 0.1) is 17.8 Å². The molecule has 2 aromatic carbocycles. The number of hydrogen-bond donors (Lipinski definition) is 1. The predicted molar refractivity (Wildman–Crippen MR) is 105 cm³/mol. The van der Waals surface area contributed by atoms with Crippen molar-refractivity contribution in [3.05, 3.63) is 59.1 Å². The molecule has 5 heteroatoms. The lowest BCUT2D eigenvalue weighted by Gasteiger charge is -2.36. The number of halogens is 1. The minimum atomic E-state index is -0.0260. The van der Waals surface area contributed by atoms with Gasteiger partial charge < -0.3 is 15.1 Å². The molecule has 4 nitrogen and oxygen atoms in total. The lowest BCUT2D eigenvalue weighted by atomic mass is 10.1. The first kappa shape index (κ1) is 17.8. The molecule has 1 saturated heterocycles. The van der Waals surface area contributed by atoms with E-state index in [1.807, 2.05) is 48.5 Å². The Bertz CT molecular complexity index is 712. The maximum Gasteiger partial charge on any atom is 0.228 e. The van der Waals surface area contributed by atoms with Crippen molar-refractivity contribution in [1.82, 2.24) is 4.90 Å². The van der Waals surface area contributed by atoms with E-state index in [2.05, 4.69) is 22.0 Å². The first-order valence-electron chi connectivity index (χ1n) is 8.76. The number of amides is 1. The van der Waals surface area contributed by atoms with Gasteiger partial charge in [0.15, 0.2) is 0 Å². The zero-order valence-electron chi connectivity index (χ0n) is 14.5. The third-order valence-corrected chi connectivity index (χ3v) is 4.84. The van der Waals surface area contributed by atoms with Gasteiger partial charge in [0.2, 0.25) is 5.91 Å². The number of piperazine rings is 1. The molecule has 2 aromatic rings. The Hall–Kier alpha value is -2.04. The van der Waals surface area contributed by atoms with E-state index >= 15 is 0 Å². The molecular weight excluding hydrogens is 334 g/mol. The van der Waals surface area contributed by atoms with Gasteiger partial charge in [-0.25, -0.2) is 0 Å². The van der Waals surface area contributed by atoms with Gasteiger partial charge >= 0.3 is 0 Å². The summed E-state index contributed by atoms with van der Waals surface area (Å²) in [6.45, 7) is 7.25. The van der Waals surface area contributed by atoms with Crippen LogP contribution >= 0.6 is 11.6 Å². The summed E-state index contributed by atoms with van der Waals surface area (Å²) < 4.78 is 0. The highest BCUT2D eigenvalue weighted by Crippen LogP contribution is 2.30. The third kappa shape index (κ3) is 4.74. The number of anilines is 2. The second-order valence-electron chi connectivity index (χ2n) is 6.29. The van der Waals surface area contributed by atoms with Gasteiger partial charge in [-0.15, -0.1) is 0 Å². The molecule has 0 spiro atoms. The fraction of sp³-hybridized carbons (Fsp3) is 0.350. The van der Waals surface area contributed by atoms with E-state index in [1.54, 1.807) is 0 Å². The van der Waals surface area contributed by atoms with Crippen LogP contribution in [0.2, 0.25) is 5.02 Å². The van der Waals surface area contributed by atoms with E-state index in [9.17, 15) is 4.79 Å². The number of likely N-dealkylation sites (N-methyl/N-ethyl adjacent to an activating group) is 1. The Balaban J connectivity index is 1.72. The van der Waals surface area contributed by atoms with Crippen LogP contribution in [0.3, 0.4) is 0 Å². The minimum absolute atomic E-state index is 0.0260. The number of hydrogen-bond acceptors (Lipinski definition) is 3. The van der Waals surface area contributed by atoms with E-state index in [4.69, 9.17) is 11.6 Å². The van der Waals surface area contributed by atoms with Crippen LogP contribution in [0.4, 0.5) is 11.4 Å². The van der Waals surface area contributed by atoms with Gasteiger partial charge in [-0.3, -0.25) is 4.79 Å². The number of rotatable bonds is 5. The lowest BCUT2D eigenvalue weighted by molar-refractivity contribution is -0.115. The van der Waals surface area contributed by atoms with E-state index in [0.29, 0.717) is 11.4 Å². The van der Waals surface area contributed by atoms with Crippen molar-refractivity contribution >= 4 is 28.9 Å². The molecule has 3 rings (SSSR count). The van der Waals surface area contributed by atoms with Crippen LogP contribution < -0.4 is 10.2 Å². The zero-order valence-corrected chi connectivity index (χ0v) is 15.3. The van der Waals surface area contributed by atoms with Crippen molar-refractivity contribution in [3.8, 4) is 0 Å². The van der Waals surface area contributed by atoms with Crippen molar-refractivity contribution in [3.63, 3.8) is 0 Å². The van der Waals surface area contributed by atoms with Crippen molar-refractivity contribution in [2.24, 2.45) is 0 Å². The Kier molecular flexibility index (Phi) is 5.95. The molecule has 0 atom stereocenters. The smallest absolute Gasteiger partial charge is 0.228 e. The van der Waals surface area contributed by atoms with Crippen LogP contribution in [0.5, 0.6) is 0 Å². The van der Waals surface area contributed by atoms with Crippen LogP contribution in [0.1, 0.15) is 12.5 Å². The normalized spacial score (nSPS) is 15.2. The Labute approximate surface area is 154 Å². The number of nitrogens with zero attached hydrogens (tertiary/aromatic N) is 2. The third-order valence-electron chi connectivity index (χ3n) is 4.60. The molecule has 1 amide bonds. The zero-order chi connectivity index (χ0) is 17.6. The Morgan fingerprint density at radius 1 is 1.08 bits per heavy atom. The van der Waals surface area contributed by atoms with Crippen molar-refractivity contribution < 1.29 is 4.79 Å². The maximum absolute atomic E-state index is 12.4. The molecule has 0 unspecified atom stereocenters. The van der Waals surface area contributed by atoms with Gasteiger partial charge in [-0.1, -0.05) is 48.9 Å². The number of nitrogens with one attached hydrogen (secondary N) is 1. The fourth-order valence-electron chi connectivity index (χ4n) is 3.16. The van der Waals surface area contributed by atoms with Gasteiger partial charge in [-0.2, -0.15) is 0 Å². The number of carbonyl (C=O) groups excluding carboxylic acids is 1. The second-order valence-corrected chi connectivity index (χ2v) is 6.73. The Morgan fingerprint density at radius 3 is 2.48 bits per heavy atom. The fourth-order valence-corrected chi connectivity index (χ4v) is 3.34. The number of benzene rings is 2. The molecule has 25 heavy (non-hydrogen) atoms. The lowest BCUT2D eigenvalue weighted by Crippen LogP contribution is -2.46. The van der Waals surface area contributed by atoms with E-state index < -0.39 is 0 Å². The summed E-state index contributed by atoms with van der Waals surface area (Å²) in [5, 5.41) is 3.67. The summed E-state index contributed by atoms with van der Waals surface area (Å²) in [7, 11) is 0. The first-order chi connectivity index (χ1) is 12.2. The van der Waals surface area contributed by atoms with Crippen LogP contribution in [0, 0.1) is 0 Å². The van der Waals surface area contributed by atoms with Crippen LogP contribution in [0.15, 0.2) is 48.5 Å². The molecule has 0 aromatic heterocycles. The molecule has 0 saturated carbocycles. The topological polar surface area (TPSA) is 35.6 Å². The highest BCUT2D eigenvalue weighted by atomic mass is 35.5. The van der Waals surface area contributed by atoms with Crippen molar-refractivity contribution in [1.29, 1.82) is 0 Å². The molecule has 1 heterocycles. The van der Waals surface area contributed by atoms with Crippen LogP contribution in [-0.4, -0.2) is 43.5 Å². The molecule has 0 radical (unpaired) electrons. The van der Waals surface area contributed by atoms with E-state index in [1.165, 1.54) is 0 Å². The average Bonchev–Trinajstić information content (AvgIpc) is 2.63. The molecule has 1 aliphatic heterocycles. The Morgan fingerprint density at radius 2 is 1.80 bits per heavy atom. The largest absolute Gasteiger partial charge is 0.367 e. The van der Waals surface area contributed by atoms with Crippen LogP contribution in [0.25, 0.3) is 0 Å². The molecule has 1 fully saturated rings. The molecular formula is C20H24ClN3O. The highest BCUT2D eigenvalue weighted by Gasteiger charge is 2.19. The minimum Gasteiger partial charge on any atom is -0.367 e. The molecule has 1 aliphatic rings. The summed E-state index contributed by atoms with van der Waals surface area (Å²) in [6.07, 6.45) is 0.358. The summed E-state index contributed by atoms with van der Waals surface area (Å²) in [6, 6.07) is 15.5. The monoisotopic (exact) mass is 357 g/mol. The second kappa shape index (κ2) is 8.37. The van der Waals surface area contributed by atoms with Gasteiger partial charge in [0.1, 0.15) is 0 Å². The van der Waals surface area contributed by atoms with E-state index in [-0.39, 0.29) is 5.91 Å². The van der Waals surface area contributed by atoms with Crippen molar-refractivity contribution in [2.75, 3.05) is 42.9 Å². The molecule has 1 N–H and O–H groups in total. The standard InChI is InChI=1S/C20H24ClN3O/c1-2-23-10-12-24(13-11-23)19-9-8-17(21)15-18(19)22-20(25)14-16-6-4-3-5-7-16/h3-9,15H,2,10-14H2,1H3,(H,22,25). The predicted octanol–water partition coefficient (Wildman–Crippen LogP) is 3.66. The van der Waals surface area contributed by atoms with Gasteiger partial charge in [0.25, 0.3) is 0 Å². The summed E-state index contributed by atoms with van der Waals surface area (Å²) in [4.78, 5) is 17.2. The summed E-state index contributed by atoms with van der Waals surface area (Å²) >= 11 is 6.17. The molecule has 132 valence electrons. The van der Waals surface area contributed by atoms with Gasteiger partial charge in [0, 0.05) is 31.2 Å². The molecule has 0 bridgehead atoms. The average molecular weight is 358 g/mol. The SMILES string of the molecule is CCN1CCN(c2ccc(Cl)cc2NC(=O)Cc2ccccc2)CC1.